The summed E-state index contributed by atoms with van der Waals surface area (Å²) in [6, 6.07) is 11.5. The van der Waals surface area contributed by atoms with E-state index in [0.717, 1.165) is 57.6 Å². The summed E-state index contributed by atoms with van der Waals surface area (Å²) in [7, 11) is 2.21. The van der Waals surface area contributed by atoms with Gasteiger partial charge in [-0.1, -0.05) is 35.5 Å². The van der Waals surface area contributed by atoms with Gasteiger partial charge in [0.1, 0.15) is 0 Å². The highest BCUT2D eigenvalue weighted by Crippen LogP contribution is 2.38. The van der Waals surface area contributed by atoms with E-state index >= 15 is 0 Å². The molecule has 1 aliphatic carbocycles. The van der Waals surface area contributed by atoms with Gasteiger partial charge < -0.3 is 10.1 Å². The Morgan fingerprint density at radius 3 is 2.27 bits per heavy atom. The first-order valence-corrected chi connectivity index (χ1v) is 8.45. The van der Waals surface area contributed by atoms with Crippen molar-refractivity contribution in [3.8, 4) is 0 Å². The Labute approximate surface area is 133 Å². The van der Waals surface area contributed by atoms with Crippen LogP contribution in [0.25, 0.3) is 0 Å². The maximum atomic E-state index is 8.98. The Morgan fingerprint density at radius 1 is 1.05 bits per heavy atom. The van der Waals surface area contributed by atoms with Gasteiger partial charge in [0.05, 0.1) is 5.71 Å². The van der Waals surface area contributed by atoms with E-state index in [9.17, 15) is 0 Å². The Morgan fingerprint density at radius 2 is 1.68 bits per heavy atom. The number of hydrogen-bond acceptors (Lipinski definition) is 4. The van der Waals surface area contributed by atoms with Crippen molar-refractivity contribution in [1.82, 2.24) is 9.80 Å². The minimum absolute atomic E-state index is 0.509. The normalized spacial score (nSPS) is 25.9. The number of hydrogen-bond donors (Lipinski definition) is 1. The smallest absolute Gasteiger partial charge is 0.0571 e. The third kappa shape index (κ3) is 3.50. The summed E-state index contributed by atoms with van der Waals surface area (Å²) in [4.78, 5) is 5.08. The molecule has 120 valence electrons. The van der Waals surface area contributed by atoms with Crippen molar-refractivity contribution in [1.29, 1.82) is 0 Å². The van der Waals surface area contributed by atoms with Gasteiger partial charge in [-0.05, 0) is 44.2 Å². The van der Waals surface area contributed by atoms with Crippen molar-refractivity contribution >= 4 is 5.71 Å². The Kier molecular flexibility index (Phi) is 5.11. The Bertz CT molecular complexity index is 484. The second-order valence-corrected chi connectivity index (χ2v) is 6.70. The number of oxime groups is 1. The molecule has 0 aromatic heterocycles. The van der Waals surface area contributed by atoms with Crippen LogP contribution in [0.1, 0.15) is 37.3 Å². The van der Waals surface area contributed by atoms with Gasteiger partial charge in [-0.25, -0.2) is 0 Å². The summed E-state index contributed by atoms with van der Waals surface area (Å²) >= 11 is 0. The van der Waals surface area contributed by atoms with Crippen LogP contribution < -0.4 is 0 Å². The molecule has 4 nitrogen and oxygen atoms in total. The number of likely N-dealkylation sites (N-methyl/N-ethyl adjacent to an activating group) is 1. The van der Waals surface area contributed by atoms with Crippen molar-refractivity contribution in [2.45, 2.75) is 31.7 Å². The van der Waals surface area contributed by atoms with Crippen LogP contribution in [0.5, 0.6) is 0 Å². The molecule has 1 heterocycles. The Balaban J connectivity index is 1.78. The van der Waals surface area contributed by atoms with Crippen LogP contribution in [0.3, 0.4) is 0 Å². The lowest BCUT2D eigenvalue weighted by Crippen LogP contribution is -2.48. The molecule has 0 bridgehead atoms. The summed E-state index contributed by atoms with van der Waals surface area (Å²) in [5.41, 5.74) is 2.42. The molecule has 1 saturated carbocycles. The van der Waals surface area contributed by atoms with Gasteiger partial charge in [0, 0.05) is 32.2 Å². The zero-order valence-electron chi connectivity index (χ0n) is 13.5. The van der Waals surface area contributed by atoms with E-state index in [1.807, 2.05) is 0 Å². The van der Waals surface area contributed by atoms with E-state index in [4.69, 9.17) is 5.21 Å². The van der Waals surface area contributed by atoms with Crippen molar-refractivity contribution in [2.24, 2.45) is 11.1 Å². The zero-order valence-corrected chi connectivity index (χ0v) is 13.5. The van der Waals surface area contributed by atoms with E-state index in [1.54, 1.807) is 0 Å². The fourth-order valence-electron chi connectivity index (χ4n) is 3.92. The average molecular weight is 301 g/mol. The first-order valence-electron chi connectivity index (χ1n) is 8.45. The second-order valence-electron chi connectivity index (χ2n) is 6.70. The van der Waals surface area contributed by atoms with E-state index in [-0.39, 0.29) is 0 Å². The van der Waals surface area contributed by atoms with Crippen molar-refractivity contribution in [3.63, 3.8) is 0 Å². The number of rotatable bonds is 3. The summed E-state index contributed by atoms with van der Waals surface area (Å²) < 4.78 is 0. The largest absolute Gasteiger partial charge is 0.411 e. The number of piperazine rings is 1. The molecule has 4 heteroatoms. The van der Waals surface area contributed by atoms with E-state index in [2.05, 4.69) is 52.3 Å². The molecular weight excluding hydrogens is 274 g/mol. The molecular formula is C18H27N3O. The first-order chi connectivity index (χ1) is 10.8. The molecule has 1 atom stereocenters. The molecule has 1 unspecified atom stereocenters. The summed E-state index contributed by atoms with van der Waals surface area (Å²) in [6.07, 6.45) is 4.15. The van der Waals surface area contributed by atoms with E-state index in [1.165, 1.54) is 5.56 Å². The minimum Gasteiger partial charge on any atom is -0.411 e. The van der Waals surface area contributed by atoms with Gasteiger partial charge in [0.15, 0.2) is 0 Å². The summed E-state index contributed by atoms with van der Waals surface area (Å²) in [5, 5.41) is 12.4. The van der Waals surface area contributed by atoms with Gasteiger partial charge in [-0.2, -0.15) is 0 Å². The molecule has 3 rings (SSSR count). The SMILES string of the molecule is CN1CCN(C(c2ccccc2)C2CCC(=NO)CC2)CC1. The third-order valence-corrected chi connectivity index (χ3v) is 5.27. The standard InChI is InChI=1S/C18H27N3O/c1-20-11-13-21(14-12-20)18(15-5-3-2-4-6-15)16-7-9-17(19-22)10-8-16/h2-6,16,18,22H,7-14H2,1H3. The predicted molar refractivity (Wildman–Crippen MR) is 89.4 cm³/mol. The Hall–Kier alpha value is -1.39. The molecule has 0 radical (unpaired) electrons. The van der Waals surface area contributed by atoms with Crippen molar-refractivity contribution < 1.29 is 5.21 Å². The maximum absolute atomic E-state index is 8.98. The van der Waals surface area contributed by atoms with Crippen molar-refractivity contribution in [2.75, 3.05) is 33.2 Å². The topological polar surface area (TPSA) is 39.1 Å². The van der Waals surface area contributed by atoms with Gasteiger partial charge in [-0.3, -0.25) is 4.90 Å². The molecule has 0 amide bonds. The molecule has 1 N–H and O–H groups in total. The average Bonchev–Trinajstić information content (AvgIpc) is 2.58. The fraction of sp³-hybridized carbons (Fsp3) is 0.611. The molecule has 1 aromatic carbocycles. The minimum atomic E-state index is 0.509. The molecule has 2 fully saturated rings. The van der Waals surface area contributed by atoms with Crippen LogP contribution in [0.2, 0.25) is 0 Å². The van der Waals surface area contributed by atoms with Gasteiger partial charge in [0.2, 0.25) is 0 Å². The highest BCUT2D eigenvalue weighted by molar-refractivity contribution is 5.84. The van der Waals surface area contributed by atoms with Crippen molar-refractivity contribution in [3.05, 3.63) is 35.9 Å². The predicted octanol–water partition coefficient (Wildman–Crippen LogP) is 3.00. The monoisotopic (exact) mass is 301 g/mol. The summed E-state index contributed by atoms with van der Waals surface area (Å²) in [6.45, 7) is 4.60. The van der Waals surface area contributed by atoms with Crippen LogP contribution in [0, 0.1) is 5.92 Å². The van der Waals surface area contributed by atoms with Gasteiger partial charge >= 0.3 is 0 Å². The lowest BCUT2D eigenvalue weighted by atomic mass is 9.79. The number of nitrogens with zero attached hydrogens (tertiary/aromatic N) is 3. The first kappa shape index (κ1) is 15.5. The molecule has 0 spiro atoms. The van der Waals surface area contributed by atoms with Crippen LogP contribution in [-0.2, 0) is 0 Å². The molecule has 22 heavy (non-hydrogen) atoms. The second kappa shape index (κ2) is 7.25. The third-order valence-electron chi connectivity index (χ3n) is 5.27. The van der Waals surface area contributed by atoms with E-state index < -0.39 is 0 Å². The van der Waals surface area contributed by atoms with Crippen LogP contribution in [-0.4, -0.2) is 53.9 Å². The van der Waals surface area contributed by atoms with Crippen LogP contribution in [0.15, 0.2) is 35.5 Å². The quantitative estimate of drug-likeness (QED) is 0.689. The maximum Gasteiger partial charge on any atom is 0.0571 e. The highest BCUT2D eigenvalue weighted by atomic mass is 16.4. The van der Waals surface area contributed by atoms with Crippen LogP contribution in [0.4, 0.5) is 0 Å². The van der Waals surface area contributed by atoms with Gasteiger partial charge in [-0.15, -0.1) is 0 Å². The fourth-order valence-corrected chi connectivity index (χ4v) is 3.92. The zero-order chi connectivity index (χ0) is 15.4. The van der Waals surface area contributed by atoms with Gasteiger partial charge in [0.25, 0.3) is 0 Å². The summed E-state index contributed by atoms with van der Waals surface area (Å²) in [5.74, 6) is 0.663. The van der Waals surface area contributed by atoms with E-state index in [0.29, 0.717) is 12.0 Å². The molecule has 1 aliphatic heterocycles. The molecule has 1 aromatic rings. The molecule has 1 saturated heterocycles. The lowest BCUT2D eigenvalue weighted by Gasteiger charge is -2.43. The highest BCUT2D eigenvalue weighted by Gasteiger charge is 2.32. The lowest BCUT2D eigenvalue weighted by molar-refractivity contribution is 0.0728. The van der Waals surface area contributed by atoms with Crippen LogP contribution >= 0.6 is 0 Å². The number of benzene rings is 1. The molecule has 2 aliphatic rings.